The molecule has 168 valence electrons. The van der Waals surface area contributed by atoms with Gasteiger partial charge < -0.3 is 9.84 Å². The molecule has 32 heavy (non-hydrogen) atoms. The molecule has 1 aliphatic carbocycles. The van der Waals surface area contributed by atoms with Gasteiger partial charge in [0.2, 0.25) is 0 Å². The maximum Gasteiger partial charge on any atom is 0.329 e. The predicted molar refractivity (Wildman–Crippen MR) is 122 cm³/mol. The molecule has 1 N–H and O–H groups in total. The van der Waals surface area contributed by atoms with Gasteiger partial charge in [0.1, 0.15) is 18.1 Å². The molecule has 5 nitrogen and oxygen atoms in total. The maximum absolute atomic E-state index is 14.0. The fraction of sp³-hybridized carbons (Fsp3) is 0.385. The number of benzene rings is 2. The van der Waals surface area contributed by atoms with Gasteiger partial charge in [-0.25, -0.2) is 9.18 Å². The number of hydrogen-bond acceptors (Lipinski definition) is 3. The number of aliphatic carboxylic acids is 1. The van der Waals surface area contributed by atoms with Crippen molar-refractivity contribution in [3.63, 3.8) is 0 Å². The van der Waals surface area contributed by atoms with Gasteiger partial charge >= 0.3 is 5.97 Å². The number of nitrogens with zero attached hydrogens (tertiary/aromatic N) is 2. The van der Waals surface area contributed by atoms with Crippen LogP contribution in [-0.4, -0.2) is 34.1 Å². The van der Waals surface area contributed by atoms with Crippen molar-refractivity contribution in [2.45, 2.75) is 39.2 Å². The van der Waals surface area contributed by atoms with Crippen LogP contribution in [0.15, 0.2) is 54.6 Å². The minimum absolute atomic E-state index is 0.225. The molecule has 0 spiro atoms. The fourth-order valence-electron chi connectivity index (χ4n) is 4.65. The van der Waals surface area contributed by atoms with Crippen LogP contribution in [0.3, 0.4) is 0 Å². The molecule has 0 atom stereocenters. The zero-order chi connectivity index (χ0) is 22.5. The summed E-state index contributed by atoms with van der Waals surface area (Å²) in [7, 11) is 0. The summed E-state index contributed by atoms with van der Waals surface area (Å²) in [6.45, 7) is 3.20. The van der Waals surface area contributed by atoms with Crippen LogP contribution < -0.4 is 0 Å². The molecule has 4 rings (SSSR count). The second kappa shape index (κ2) is 10.1. The summed E-state index contributed by atoms with van der Waals surface area (Å²) in [5.74, 6) is -0.256. The Balaban J connectivity index is 1.52. The Morgan fingerprint density at radius 1 is 1.06 bits per heavy atom. The molecule has 0 unspecified atom stereocenters. The predicted octanol–water partition coefficient (Wildman–Crippen LogP) is 5.57. The molecule has 1 aliphatic rings. The Labute approximate surface area is 187 Å². The number of rotatable bonds is 8. The average molecular weight is 437 g/mol. The quantitative estimate of drug-likeness (QED) is 0.501. The highest BCUT2D eigenvalue weighted by molar-refractivity contribution is 5.82. The lowest BCUT2D eigenvalue weighted by Crippen LogP contribution is -2.23. The number of carbonyl (C=O) groups is 1. The van der Waals surface area contributed by atoms with Gasteiger partial charge in [-0.1, -0.05) is 42.5 Å². The summed E-state index contributed by atoms with van der Waals surface area (Å²) in [5, 5.41) is 13.7. The lowest BCUT2D eigenvalue weighted by Gasteiger charge is -2.28. The molecule has 1 saturated carbocycles. The van der Waals surface area contributed by atoms with Crippen LogP contribution in [0.1, 0.15) is 31.4 Å². The summed E-state index contributed by atoms with van der Waals surface area (Å²) >= 11 is 0. The van der Waals surface area contributed by atoms with Crippen molar-refractivity contribution in [2.75, 3.05) is 13.2 Å². The van der Waals surface area contributed by atoms with Crippen molar-refractivity contribution >= 4 is 5.97 Å². The Morgan fingerprint density at radius 2 is 1.75 bits per heavy atom. The normalized spacial score (nSPS) is 18.6. The molecular formula is C26H29FN2O3. The number of halogens is 1. The summed E-state index contributed by atoms with van der Waals surface area (Å²) in [6.07, 6.45) is 4.20. The molecular weight excluding hydrogens is 407 g/mol. The second-order valence-electron chi connectivity index (χ2n) is 8.66. The first kappa shape index (κ1) is 22.2. The molecule has 0 aliphatic heterocycles. The SMILES string of the molecule is Cc1c(-c2ccccc2)c(-c2cccc(F)c2)nn1C[C@H]1CC[C@H](COCC(=O)O)CC1. The second-order valence-corrected chi connectivity index (χ2v) is 8.66. The van der Waals surface area contributed by atoms with E-state index in [1.54, 1.807) is 12.1 Å². The van der Waals surface area contributed by atoms with Gasteiger partial charge in [-0.05, 0) is 62.1 Å². The Hall–Kier alpha value is -2.99. The van der Waals surface area contributed by atoms with E-state index in [2.05, 4.69) is 23.7 Å². The standard InChI is InChI=1S/C26H29FN2O3/c1-18-25(21-6-3-2-4-7-21)26(22-8-5-9-23(27)14-22)28-29(18)15-19-10-12-20(13-11-19)16-32-17-24(30)31/h2-9,14,19-20H,10-13,15-17H2,1H3,(H,30,31)/t19-,20-. The molecule has 1 fully saturated rings. The van der Waals surface area contributed by atoms with E-state index in [0.717, 1.165) is 60.3 Å². The van der Waals surface area contributed by atoms with Crippen molar-refractivity contribution in [1.29, 1.82) is 0 Å². The minimum Gasteiger partial charge on any atom is -0.480 e. The third-order valence-electron chi connectivity index (χ3n) is 6.34. The van der Waals surface area contributed by atoms with Gasteiger partial charge in [-0.15, -0.1) is 0 Å². The van der Waals surface area contributed by atoms with E-state index < -0.39 is 5.97 Å². The fourth-order valence-corrected chi connectivity index (χ4v) is 4.65. The zero-order valence-electron chi connectivity index (χ0n) is 18.3. The van der Waals surface area contributed by atoms with Crippen molar-refractivity contribution in [3.05, 3.63) is 66.1 Å². The van der Waals surface area contributed by atoms with Crippen LogP contribution in [0, 0.1) is 24.6 Å². The third-order valence-corrected chi connectivity index (χ3v) is 6.34. The minimum atomic E-state index is -0.920. The summed E-state index contributed by atoms with van der Waals surface area (Å²) < 4.78 is 21.3. The molecule has 0 saturated heterocycles. The first-order valence-corrected chi connectivity index (χ1v) is 11.2. The van der Waals surface area contributed by atoms with E-state index in [1.807, 2.05) is 24.3 Å². The van der Waals surface area contributed by atoms with Crippen LogP contribution in [0.5, 0.6) is 0 Å². The van der Waals surface area contributed by atoms with Gasteiger partial charge in [-0.3, -0.25) is 4.68 Å². The number of ether oxygens (including phenoxy) is 1. The van der Waals surface area contributed by atoms with Crippen molar-refractivity contribution in [3.8, 4) is 22.4 Å². The van der Waals surface area contributed by atoms with Gasteiger partial charge in [0, 0.05) is 23.4 Å². The van der Waals surface area contributed by atoms with Crippen molar-refractivity contribution in [1.82, 2.24) is 9.78 Å². The average Bonchev–Trinajstić information content (AvgIpc) is 3.11. The molecule has 1 heterocycles. The van der Waals surface area contributed by atoms with Crippen LogP contribution in [0.4, 0.5) is 4.39 Å². The molecule has 0 bridgehead atoms. The largest absolute Gasteiger partial charge is 0.480 e. The first-order valence-electron chi connectivity index (χ1n) is 11.2. The van der Waals surface area contributed by atoms with E-state index in [4.69, 9.17) is 14.9 Å². The molecule has 1 aromatic heterocycles. The number of carboxylic acid groups (broad SMARTS) is 1. The first-order chi connectivity index (χ1) is 15.5. The van der Waals surface area contributed by atoms with Gasteiger partial charge in [0.15, 0.2) is 0 Å². The van der Waals surface area contributed by atoms with Crippen molar-refractivity contribution in [2.24, 2.45) is 11.8 Å². The van der Waals surface area contributed by atoms with Gasteiger partial charge in [-0.2, -0.15) is 5.10 Å². The molecule has 0 radical (unpaired) electrons. The third kappa shape index (κ3) is 5.25. The summed E-state index contributed by atoms with van der Waals surface area (Å²) in [6, 6.07) is 16.8. The van der Waals surface area contributed by atoms with E-state index in [-0.39, 0.29) is 12.4 Å². The maximum atomic E-state index is 14.0. The smallest absolute Gasteiger partial charge is 0.329 e. The van der Waals surface area contributed by atoms with Crippen LogP contribution >= 0.6 is 0 Å². The highest BCUT2D eigenvalue weighted by atomic mass is 19.1. The molecule has 2 aromatic carbocycles. The van der Waals surface area contributed by atoms with E-state index >= 15 is 0 Å². The highest BCUT2D eigenvalue weighted by Gasteiger charge is 2.24. The van der Waals surface area contributed by atoms with Gasteiger partial charge in [0.25, 0.3) is 0 Å². The summed E-state index contributed by atoms with van der Waals surface area (Å²) in [4.78, 5) is 10.6. The lowest BCUT2D eigenvalue weighted by atomic mass is 9.82. The Morgan fingerprint density at radius 3 is 2.44 bits per heavy atom. The zero-order valence-corrected chi connectivity index (χ0v) is 18.3. The Kier molecular flexibility index (Phi) is 7.00. The Bertz CT molecular complexity index is 1060. The lowest BCUT2D eigenvalue weighted by molar-refractivity contribution is -0.142. The molecule has 6 heteroatoms. The van der Waals surface area contributed by atoms with Crippen LogP contribution in [-0.2, 0) is 16.1 Å². The number of hydrogen-bond donors (Lipinski definition) is 1. The molecule has 0 amide bonds. The monoisotopic (exact) mass is 436 g/mol. The van der Waals surface area contributed by atoms with E-state index in [9.17, 15) is 9.18 Å². The van der Waals surface area contributed by atoms with Gasteiger partial charge in [0.05, 0.1) is 6.61 Å². The molecule has 3 aromatic rings. The van der Waals surface area contributed by atoms with Crippen molar-refractivity contribution < 1.29 is 19.0 Å². The van der Waals surface area contributed by atoms with E-state index in [0.29, 0.717) is 18.4 Å². The van der Waals surface area contributed by atoms with Crippen LogP contribution in [0.2, 0.25) is 0 Å². The number of aromatic nitrogens is 2. The van der Waals surface area contributed by atoms with E-state index in [1.165, 1.54) is 6.07 Å². The summed E-state index contributed by atoms with van der Waals surface area (Å²) in [5.41, 5.74) is 4.80. The topological polar surface area (TPSA) is 64.4 Å². The highest BCUT2D eigenvalue weighted by Crippen LogP contribution is 2.36. The number of carboxylic acids is 1. The van der Waals surface area contributed by atoms with Crippen LogP contribution in [0.25, 0.3) is 22.4 Å².